The van der Waals surface area contributed by atoms with Crippen LogP contribution in [0.4, 0.5) is 0 Å². The van der Waals surface area contributed by atoms with Crippen LogP contribution in [0.1, 0.15) is 54.4 Å². The Bertz CT molecular complexity index is 883. The van der Waals surface area contributed by atoms with E-state index in [-0.39, 0.29) is 37.3 Å². The predicted molar refractivity (Wildman–Crippen MR) is 124 cm³/mol. The third kappa shape index (κ3) is 8.99. The molecule has 35 heavy (non-hydrogen) atoms. The van der Waals surface area contributed by atoms with Gasteiger partial charge >= 0.3 is 11.9 Å². The number of hydrogen-bond acceptors (Lipinski definition) is 9. The molecule has 0 aromatic rings. The highest BCUT2D eigenvalue weighted by molar-refractivity contribution is 7.75. The maximum absolute atomic E-state index is 13.2. The normalized spacial score (nSPS) is 20.4. The summed E-state index contributed by atoms with van der Waals surface area (Å²) < 4.78 is 23.2. The molecule has 13 nitrogen and oxygen atoms in total. The second-order valence-corrected chi connectivity index (χ2v) is 11.3. The largest absolute Gasteiger partial charge is 0.480 e. The van der Waals surface area contributed by atoms with Gasteiger partial charge in [0.25, 0.3) is 6.41 Å². The fourth-order valence-electron chi connectivity index (χ4n) is 3.42. The number of ether oxygens (including phenoxy) is 2. The van der Waals surface area contributed by atoms with Gasteiger partial charge in [0.05, 0.1) is 16.8 Å². The molecule has 1 saturated heterocycles. The standard InChI is InChI=1S/C21H36N3O10P/c1-12(2)18(28)33-16(6)34-20(30)23-14(4)35(31,32)11-21(19(29)22-13(3)17(26)27)7-9-24(10-8-21)15(5)25/h12-13,16,20,30H,7-11H2,1-6H3,(H,22,29)(H,26,27)(H,31,32). The van der Waals surface area contributed by atoms with Crippen LogP contribution >= 0.6 is 7.37 Å². The van der Waals surface area contributed by atoms with Gasteiger partial charge in [-0.25, -0.2) is 4.99 Å². The van der Waals surface area contributed by atoms with Gasteiger partial charge in [0, 0.05) is 26.2 Å². The average molecular weight is 522 g/mol. The molecule has 0 saturated carbocycles. The first-order valence-corrected chi connectivity index (χ1v) is 13.1. The molecule has 0 spiro atoms. The van der Waals surface area contributed by atoms with Crippen molar-refractivity contribution < 1.29 is 48.3 Å². The Morgan fingerprint density at radius 1 is 1.11 bits per heavy atom. The van der Waals surface area contributed by atoms with E-state index in [9.17, 15) is 33.7 Å². The quantitative estimate of drug-likeness (QED) is 0.130. The highest BCUT2D eigenvalue weighted by Crippen LogP contribution is 2.51. The number of esters is 1. The smallest absolute Gasteiger partial charge is 0.325 e. The van der Waals surface area contributed by atoms with E-state index < -0.39 is 61.5 Å². The molecule has 0 radical (unpaired) electrons. The van der Waals surface area contributed by atoms with E-state index in [2.05, 4.69) is 10.3 Å². The number of nitrogens with one attached hydrogen (secondary N) is 1. The predicted octanol–water partition coefficient (Wildman–Crippen LogP) is 0.731. The Morgan fingerprint density at radius 3 is 2.11 bits per heavy atom. The van der Waals surface area contributed by atoms with Gasteiger partial charge in [0.1, 0.15) is 6.04 Å². The van der Waals surface area contributed by atoms with E-state index in [1.165, 1.54) is 32.6 Å². The Kier molecular flexibility index (Phi) is 11.0. The Balaban J connectivity index is 3.06. The van der Waals surface area contributed by atoms with Gasteiger partial charge in [-0.1, -0.05) is 13.8 Å². The lowest BCUT2D eigenvalue weighted by Crippen LogP contribution is -2.54. The van der Waals surface area contributed by atoms with Crippen LogP contribution in [0.25, 0.3) is 0 Å². The number of piperidine rings is 1. The minimum atomic E-state index is -4.33. The number of carboxylic acids is 1. The van der Waals surface area contributed by atoms with Gasteiger partial charge in [-0.15, -0.1) is 0 Å². The second kappa shape index (κ2) is 12.6. The van der Waals surface area contributed by atoms with Crippen molar-refractivity contribution in [3.05, 3.63) is 0 Å². The zero-order valence-electron chi connectivity index (χ0n) is 20.9. The van der Waals surface area contributed by atoms with Gasteiger partial charge < -0.3 is 30.1 Å². The Labute approximate surface area is 204 Å². The number of hydrogen-bond donors (Lipinski definition) is 4. The number of aliphatic hydroxyl groups excluding tert-OH is 1. The van der Waals surface area contributed by atoms with Gasteiger partial charge in [-0.2, -0.15) is 0 Å². The topological polar surface area (TPSA) is 192 Å². The molecule has 4 unspecified atom stereocenters. The van der Waals surface area contributed by atoms with Crippen molar-refractivity contribution in [1.29, 1.82) is 0 Å². The number of rotatable bonds is 11. The van der Waals surface area contributed by atoms with Crippen LogP contribution in [0.15, 0.2) is 4.99 Å². The fourth-order valence-corrected chi connectivity index (χ4v) is 5.21. The number of carboxylic acid groups (broad SMARTS) is 1. The molecule has 14 heteroatoms. The lowest BCUT2D eigenvalue weighted by Gasteiger charge is -2.41. The number of likely N-dealkylation sites (tertiary alicyclic amines) is 1. The zero-order chi connectivity index (χ0) is 27.1. The van der Waals surface area contributed by atoms with Crippen LogP contribution in [-0.4, -0.2) is 87.2 Å². The van der Waals surface area contributed by atoms with Gasteiger partial charge in [0.15, 0.2) is 0 Å². The fraction of sp³-hybridized carbons (Fsp3) is 0.762. The molecule has 0 bridgehead atoms. The maximum Gasteiger partial charge on any atom is 0.325 e. The molecule has 2 amide bonds. The van der Waals surface area contributed by atoms with Gasteiger partial charge in [-0.05, 0) is 33.6 Å². The van der Waals surface area contributed by atoms with Crippen molar-refractivity contribution in [3.8, 4) is 0 Å². The molecular formula is C21H36N3O10P. The highest BCUT2D eigenvalue weighted by Gasteiger charge is 2.47. The van der Waals surface area contributed by atoms with Crippen molar-refractivity contribution in [2.24, 2.45) is 16.3 Å². The molecule has 1 aliphatic heterocycles. The average Bonchev–Trinajstić information content (AvgIpc) is 2.72. The first kappa shape index (κ1) is 30.7. The summed E-state index contributed by atoms with van der Waals surface area (Å²) in [6.07, 6.45) is -3.61. The summed E-state index contributed by atoms with van der Waals surface area (Å²) >= 11 is 0. The summed E-state index contributed by atoms with van der Waals surface area (Å²) in [7, 11) is -4.33. The summed E-state index contributed by atoms with van der Waals surface area (Å²) in [5.74, 6) is -3.20. The Hall–Kier alpha value is -2.34. The summed E-state index contributed by atoms with van der Waals surface area (Å²) in [5.41, 5.74) is -1.83. The van der Waals surface area contributed by atoms with Crippen molar-refractivity contribution in [1.82, 2.24) is 10.2 Å². The van der Waals surface area contributed by atoms with Crippen LogP contribution in [0, 0.1) is 11.3 Å². The van der Waals surface area contributed by atoms with E-state index in [0.717, 1.165) is 0 Å². The molecule has 4 atom stereocenters. The minimum absolute atomic E-state index is 0.0316. The van der Waals surface area contributed by atoms with E-state index in [1.54, 1.807) is 13.8 Å². The van der Waals surface area contributed by atoms with Crippen LogP contribution in [0.3, 0.4) is 0 Å². The second-order valence-electron chi connectivity index (χ2n) is 8.98. The summed E-state index contributed by atoms with van der Waals surface area (Å²) in [4.78, 5) is 63.5. The summed E-state index contributed by atoms with van der Waals surface area (Å²) in [6, 6.07) is -1.23. The van der Waals surface area contributed by atoms with Crippen LogP contribution in [0.5, 0.6) is 0 Å². The van der Waals surface area contributed by atoms with Crippen LogP contribution in [-0.2, 0) is 33.2 Å². The number of aliphatic imine (C=N–C) groups is 1. The van der Waals surface area contributed by atoms with Crippen molar-refractivity contribution in [3.63, 3.8) is 0 Å². The SMILES string of the molecule is CC(=O)N1CCC(CP(=O)(O)C(C)=NC(O)OC(C)OC(=O)C(C)C)(C(=O)NC(C)C(=O)O)CC1. The first-order chi connectivity index (χ1) is 16.0. The van der Waals surface area contributed by atoms with Gasteiger partial charge in [0.2, 0.25) is 25.5 Å². The molecule has 0 aromatic heterocycles. The van der Waals surface area contributed by atoms with Crippen LogP contribution in [0.2, 0.25) is 0 Å². The first-order valence-electron chi connectivity index (χ1n) is 11.2. The molecule has 0 aliphatic carbocycles. The number of carbonyl (C=O) groups excluding carboxylic acids is 3. The molecule has 0 aromatic carbocycles. The molecular weight excluding hydrogens is 485 g/mol. The lowest BCUT2D eigenvalue weighted by molar-refractivity contribution is -0.219. The molecule has 1 fully saturated rings. The molecule has 1 rings (SSSR count). The minimum Gasteiger partial charge on any atom is -0.480 e. The molecule has 4 N–H and O–H groups in total. The third-order valence-electron chi connectivity index (χ3n) is 5.75. The zero-order valence-corrected chi connectivity index (χ0v) is 21.8. The number of amides is 2. The lowest BCUT2D eigenvalue weighted by atomic mass is 9.79. The molecule has 200 valence electrons. The number of aliphatic hydroxyl groups is 1. The van der Waals surface area contributed by atoms with E-state index in [1.807, 2.05) is 0 Å². The maximum atomic E-state index is 13.2. The highest BCUT2D eigenvalue weighted by atomic mass is 31.2. The van der Waals surface area contributed by atoms with Crippen LogP contribution < -0.4 is 5.32 Å². The number of carbonyl (C=O) groups is 4. The molecule has 1 heterocycles. The van der Waals surface area contributed by atoms with E-state index in [0.29, 0.717) is 0 Å². The summed E-state index contributed by atoms with van der Waals surface area (Å²) in [6.45, 7) is 8.68. The third-order valence-corrected chi connectivity index (χ3v) is 7.91. The monoisotopic (exact) mass is 521 g/mol. The van der Waals surface area contributed by atoms with Crippen molar-refractivity contribution >= 4 is 36.6 Å². The van der Waals surface area contributed by atoms with Crippen molar-refractivity contribution in [2.75, 3.05) is 19.3 Å². The van der Waals surface area contributed by atoms with Crippen molar-refractivity contribution in [2.45, 2.75) is 73.1 Å². The number of nitrogens with zero attached hydrogens (tertiary/aromatic N) is 2. The van der Waals surface area contributed by atoms with E-state index in [4.69, 9.17) is 14.6 Å². The van der Waals surface area contributed by atoms with Gasteiger partial charge in [-0.3, -0.25) is 28.5 Å². The summed E-state index contributed by atoms with van der Waals surface area (Å²) in [5, 5.41) is 21.5. The Morgan fingerprint density at radius 2 is 1.66 bits per heavy atom. The molecule has 1 aliphatic rings. The van der Waals surface area contributed by atoms with E-state index >= 15 is 0 Å². The number of aliphatic carboxylic acids is 1.